The Bertz CT molecular complexity index is 1870. The quantitative estimate of drug-likeness (QED) is 0.224. The van der Waals surface area contributed by atoms with Gasteiger partial charge in [-0.05, 0) is 60.9 Å². The van der Waals surface area contributed by atoms with Crippen LogP contribution in [0.2, 0.25) is 0 Å². The molecular formula is C35H37N7O3. The van der Waals surface area contributed by atoms with Crippen LogP contribution >= 0.6 is 0 Å². The van der Waals surface area contributed by atoms with E-state index in [1.165, 1.54) is 10.5 Å². The predicted octanol–water partition coefficient (Wildman–Crippen LogP) is 6.57. The van der Waals surface area contributed by atoms with Crippen molar-refractivity contribution in [2.45, 2.75) is 59.2 Å². The molecule has 2 N–H and O–H groups in total. The number of nitrogens with one attached hydrogen (secondary N) is 1. The van der Waals surface area contributed by atoms with Crippen LogP contribution in [0.5, 0.6) is 5.75 Å². The van der Waals surface area contributed by atoms with Crippen molar-refractivity contribution in [3.05, 3.63) is 95.3 Å². The van der Waals surface area contributed by atoms with Crippen LogP contribution in [0.15, 0.2) is 67.1 Å². The zero-order valence-electron chi connectivity index (χ0n) is 25.8. The molecule has 10 nitrogen and oxygen atoms in total. The van der Waals surface area contributed by atoms with Gasteiger partial charge >= 0.3 is 6.09 Å². The average molecular weight is 604 g/mol. The highest BCUT2D eigenvalue weighted by Gasteiger charge is 2.31. The van der Waals surface area contributed by atoms with E-state index in [1.54, 1.807) is 6.33 Å². The smallest absolute Gasteiger partial charge is 0.408 e. The Balaban J connectivity index is 1.16. The molecule has 5 aromatic rings. The van der Waals surface area contributed by atoms with Crippen LogP contribution < -0.4 is 9.64 Å². The molecule has 10 heteroatoms. The number of hydrogen-bond donors (Lipinski definition) is 2. The summed E-state index contributed by atoms with van der Waals surface area (Å²) >= 11 is 0. The first-order valence-electron chi connectivity index (χ1n) is 15.5. The number of fused-ring (bicyclic) bond motifs is 3. The van der Waals surface area contributed by atoms with Gasteiger partial charge in [0.25, 0.3) is 0 Å². The number of aromatic amines is 1. The second-order valence-electron chi connectivity index (χ2n) is 12.8. The van der Waals surface area contributed by atoms with Crippen molar-refractivity contribution in [3.8, 4) is 16.9 Å². The molecule has 0 saturated heterocycles. The van der Waals surface area contributed by atoms with E-state index in [2.05, 4.69) is 50.8 Å². The first-order chi connectivity index (χ1) is 21.7. The molecule has 0 spiro atoms. The largest absolute Gasteiger partial charge is 0.491 e. The van der Waals surface area contributed by atoms with Crippen LogP contribution in [0.25, 0.3) is 22.3 Å². The number of carbonyl (C=O) groups is 1. The minimum Gasteiger partial charge on any atom is -0.491 e. The molecule has 2 aromatic carbocycles. The predicted molar refractivity (Wildman–Crippen MR) is 172 cm³/mol. The first-order valence-corrected chi connectivity index (χ1v) is 15.5. The van der Waals surface area contributed by atoms with E-state index in [0.717, 1.165) is 70.8 Å². The number of H-pyrrole nitrogens is 1. The Morgan fingerprint density at radius 2 is 1.96 bits per heavy atom. The van der Waals surface area contributed by atoms with E-state index in [-0.39, 0.29) is 12.0 Å². The Labute approximate surface area is 262 Å². The van der Waals surface area contributed by atoms with Gasteiger partial charge in [-0.2, -0.15) is 0 Å². The van der Waals surface area contributed by atoms with Crippen LogP contribution in [-0.4, -0.2) is 54.2 Å². The van der Waals surface area contributed by atoms with E-state index in [9.17, 15) is 9.90 Å². The van der Waals surface area contributed by atoms with Gasteiger partial charge in [0.05, 0.1) is 18.1 Å². The second-order valence-corrected chi connectivity index (χ2v) is 12.8. The zero-order chi connectivity index (χ0) is 31.1. The van der Waals surface area contributed by atoms with Crippen LogP contribution in [0, 0.1) is 5.41 Å². The highest BCUT2D eigenvalue weighted by atomic mass is 16.5. The number of amides is 1. The molecule has 0 saturated carbocycles. The van der Waals surface area contributed by atoms with Crippen molar-refractivity contribution in [2.75, 3.05) is 18.1 Å². The topological polar surface area (TPSA) is 120 Å². The lowest BCUT2D eigenvalue weighted by Crippen LogP contribution is -2.32. The number of anilines is 1. The Morgan fingerprint density at radius 1 is 1.11 bits per heavy atom. The van der Waals surface area contributed by atoms with Gasteiger partial charge in [0, 0.05) is 41.7 Å². The van der Waals surface area contributed by atoms with Crippen molar-refractivity contribution in [1.82, 2.24) is 29.8 Å². The van der Waals surface area contributed by atoms with Gasteiger partial charge in [-0.25, -0.2) is 24.7 Å². The maximum Gasteiger partial charge on any atom is 0.408 e. The molecule has 3 aromatic heterocycles. The summed E-state index contributed by atoms with van der Waals surface area (Å²) in [7, 11) is 0. The molecule has 2 aliphatic rings. The highest BCUT2D eigenvalue weighted by Crippen LogP contribution is 2.39. The van der Waals surface area contributed by atoms with E-state index in [4.69, 9.17) is 9.72 Å². The maximum absolute atomic E-state index is 12.2. The zero-order valence-corrected chi connectivity index (χ0v) is 25.8. The number of ether oxygens (including phenoxy) is 1. The van der Waals surface area contributed by atoms with Crippen molar-refractivity contribution in [2.24, 2.45) is 5.41 Å². The third kappa shape index (κ3) is 5.80. The Kier molecular flexibility index (Phi) is 7.35. The number of aryl methyl sites for hydroxylation is 1. The Morgan fingerprint density at radius 3 is 2.78 bits per heavy atom. The van der Waals surface area contributed by atoms with Crippen LogP contribution in [0.4, 0.5) is 10.6 Å². The molecule has 230 valence electrons. The van der Waals surface area contributed by atoms with E-state index < -0.39 is 12.1 Å². The number of rotatable bonds is 6. The summed E-state index contributed by atoms with van der Waals surface area (Å²) in [5.41, 5.74) is 7.90. The van der Waals surface area contributed by atoms with Gasteiger partial charge in [-0.15, -0.1) is 0 Å². The van der Waals surface area contributed by atoms with Crippen LogP contribution in [-0.2, 0) is 25.9 Å². The molecule has 7 rings (SSSR count). The fraction of sp³-hybridized carbons (Fsp3) is 0.343. The minimum atomic E-state index is -1.01. The fourth-order valence-electron chi connectivity index (χ4n) is 6.46. The monoisotopic (exact) mass is 603 g/mol. The molecular weight excluding hydrogens is 566 g/mol. The lowest BCUT2D eigenvalue weighted by molar-refractivity contribution is 0.122. The SMILES string of the molecule is C[C@@H](c1nc2ncc(-c3ccc4c(c3)CN(c3ncnc5c3CC(C)(C)CC5)CCO4)cc2[nH]1)N(Cc1ccccc1)C(=O)O. The van der Waals surface area contributed by atoms with Gasteiger partial charge in [-0.1, -0.05) is 50.2 Å². The standard InChI is InChI=1S/C35H37N7O3/c1-22(42(34(43)44)19-23-7-5-4-6-8-23)31-39-29-16-25(18-36-32(29)40-31)24-9-10-30-26(15-24)20-41(13-14-45-30)33-27-17-35(2,3)12-11-28(27)37-21-38-33/h4-10,15-16,18,21-22H,11-14,17,19-20H2,1-3H3,(H,43,44)(H,36,39,40)/t22-/m0/s1. The van der Waals surface area contributed by atoms with Crippen molar-refractivity contribution >= 4 is 23.1 Å². The molecule has 1 atom stereocenters. The first kappa shape index (κ1) is 28.8. The van der Waals surface area contributed by atoms with Gasteiger partial charge < -0.3 is 19.7 Å². The fourth-order valence-corrected chi connectivity index (χ4v) is 6.46. The van der Waals surface area contributed by atoms with Crippen molar-refractivity contribution in [3.63, 3.8) is 0 Å². The maximum atomic E-state index is 12.2. The summed E-state index contributed by atoms with van der Waals surface area (Å²) in [6.45, 7) is 8.74. The summed E-state index contributed by atoms with van der Waals surface area (Å²) in [5, 5.41) is 9.97. The number of carboxylic acid groups (broad SMARTS) is 1. The van der Waals surface area contributed by atoms with Gasteiger partial charge in [-0.3, -0.25) is 4.90 Å². The average Bonchev–Trinajstić information content (AvgIpc) is 3.35. The third-order valence-corrected chi connectivity index (χ3v) is 9.04. The number of benzene rings is 2. The van der Waals surface area contributed by atoms with Gasteiger partial charge in [0.15, 0.2) is 5.65 Å². The highest BCUT2D eigenvalue weighted by molar-refractivity contribution is 5.79. The normalized spacial score (nSPS) is 16.3. The summed E-state index contributed by atoms with van der Waals surface area (Å²) in [5.74, 6) is 2.44. The van der Waals surface area contributed by atoms with Gasteiger partial charge in [0.2, 0.25) is 0 Å². The van der Waals surface area contributed by atoms with E-state index in [0.29, 0.717) is 24.6 Å². The Hall–Kier alpha value is -4.99. The number of nitrogens with zero attached hydrogens (tertiary/aromatic N) is 6. The summed E-state index contributed by atoms with van der Waals surface area (Å²) < 4.78 is 6.19. The summed E-state index contributed by atoms with van der Waals surface area (Å²) in [4.78, 5) is 37.9. The molecule has 0 bridgehead atoms. The molecule has 45 heavy (non-hydrogen) atoms. The minimum absolute atomic E-state index is 0.226. The molecule has 0 unspecified atom stereocenters. The lowest BCUT2D eigenvalue weighted by atomic mass is 9.76. The van der Waals surface area contributed by atoms with Crippen molar-refractivity contribution < 1.29 is 14.6 Å². The number of aromatic nitrogens is 5. The number of hydrogen-bond acceptors (Lipinski definition) is 7. The number of pyridine rings is 1. The summed E-state index contributed by atoms with van der Waals surface area (Å²) in [6.07, 6.45) is 5.59. The third-order valence-electron chi connectivity index (χ3n) is 9.04. The van der Waals surface area contributed by atoms with Crippen LogP contribution in [0.1, 0.15) is 61.4 Å². The molecule has 1 amide bonds. The molecule has 0 fully saturated rings. The van der Waals surface area contributed by atoms with E-state index in [1.807, 2.05) is 55.6 Å². The summed E-state index contributed by atoms with van der Waals surface area (Å²) in [6, 6.07) is 17.3. The second kappa shape index (κ2) is 11.5. The number of imidazole rings is 1. The molecule has 1 aliphatic carbocycles. The van der Waals surface area contributed by atoms with Gasteiger partial charge in [0.1, 0.15) is 30.3 Å². The molecule has 1 aliphatic heterocycles. The van der Waals surface area contributed by atoms with Crippen molar-refractivity contribution in [1.29, 1.82) is 0 Å². The lowest BCUT2D eigenvalue weighted by Gasteiger charge is -2.33. The van der Waals surface area contributed by atoms with Crippen LogP contribution in [0.3, 0.4) is 0 Å². The molecule has 0 radical (unpaired) electrons. The molecule has 4 heterocycles. The van der Waals surface area contributed by atoms with E-state index >= 15 is 0 Å².